The van der Waals surface area contributed by atoms with Crippen LogP contribution in [-0.4, -0.2) is 0 Å². The van der Waals surface area contributed by atoms with Gasteiger partial charge in [0.2, 0.25) is 0 Å². The van der Waals surface area contributed by atoms with Gasteiger partial charge in [0.15, 0.2) is 0 Å². The van der Waals surface area contributed by atoms with Gasteiger partial charge < -0.3 is 11.1 Å². The molecule has 0 saturated carbocycles. The van der Waals surface area contributed by atoms with E-state index < -0.39 is 0 Å². The normalized spacial score (nSPS) is 9.69. The molecular weight excluding hydrogens is 160 g/mol. The Labute approximate surface area is 79.5 Å². The maximum atomic E-state index is 5.49. The summed E-state index contributed by atoms with van der Waals surface area (Å²) in [4.78, 5) is 0. The Balaban J connectivity index is 2.54. The number of hydrogen-bond acceptors (Lipinski definition) is 2. The molecule has 1 rings (SSSR count). The molecule has 0 aliphatic carbocycles. The number of benzene rings is 1. The molecule has 0 saturated heterocycles. The molecule has 0 atom stereocenters. The van der Waals surface area contributed by atoms with Crippen molar-refractivity contribution >= 4 is 0 Å². The van der Waals surface area contributed by atoms with Crippen LogP contribution >= 0.6 is 0 Å². The summed E-state index contributed by atoms with van der Waals surface area (Å²) in [6, 6.07) is 8.27. The van der Waals surface area contributed by atoms with Crippen LogP contribution in [0.4, 0.5) is 0 Å². The average Bonchev–Trinajstić information content (AvgIpc) is 2.15. The minimum Gasteiger partial charge on any atom is -0.385 e. The fourth-order valence-electron chi connectivity index (χ4n) is 1.05. The average molecular weight is 176 g/mol. The van der Waals surface area contributed by atoms with E-state index in [9.17, 15) is 0 Å². The van der Waals surface area contributed by atoms with Crippen molar-refractivity contribution in [2.45, 2.75) is 20.0 Å². The summed E-state index contributed by atoms with van der Waals surface area (Å²) in [5, 5.41) is 3.17. The Morgan fingerprint density at radius 3 is 2.31 bits per heavy atom. The summed E-state index contributed by atoms with van der Waals surface area (Å²) in [7, 11) is 0. The van der Waals surface area contributed by atoms with Crippen LogP contribution in [0.3, 0.4) is 0 Å². The van der Waals surface area contributed by atoms with Gasteiger partial charge in [0.05, 0.1) is 0 Å². The molecule has 0 heterocycles. The molecule has 0 unspecified atom stereocenters. The first-order valence-electron chi connectivity index (χ1n) is 4.39. The van der Waals surface area contributed by atoms with Crippen LogP contribution < -0.4 is 11.1 Å². The van der Waals surface area contributed by atoms with Crippen LogP contribution in [0.15, 0.2) is 36.5 Å². The number of hydrogen-bond donors (Lipinski definition) is 2. The van der Waals surface area contributed by atoms with Gasteiger partial charge in [-0.15, -0.1) is 0 Å². The third-order valence-electron chi connectivity index (χ3n) is 1.85. The Morgan fingerprint density at radius 1 is 1.31 bits per heavy atom. The van der Waals surface area contributed by atoms with Crippen molar-refractivity contribution in [2.75, 3.05) is 0 Å². The van der Waals surface area contributed by atoms with Gasteiger partial charge >= 0.3 is 0 Å². The van der Waals surface area contributed by atoms with E-state index in [2.05, 4.69) is 36.2 Å². The number of allylic oxidation sites excluding steroid dienone is 1. The van der Waals surface area contributed by atoms with E-state index in [0.717, 1.165) is 12.2 Å². The summed E-state index contributed by atoms with van der Waals surface area (Å²) >= 11 is 0. The first kappa shape index (κ1) is 9.81. The van der Waals surface area contributed by atoms with Gasteiger partial charge in [0.1, 0.15) is 0 Å². The first-order valence-corrected chi connectivity index (χ1v) is 4.39. The van der Waals surface area contributed by atoms with Crippen molar-refractivity contribution in [1.29, 1.82) is 0 Å². The van der Waals surface area contributed by atoms with Crippen LogP contribution in [0.5, 0.6) is 0 Å². The fourth-order valence-corrected chi connectivity index (χ4v) is 1.05. The Morgan fingerprint density at radius 2 is 1.85 bits per heavy atom. The summed E-state index contributed by atoms with van der Waals surface area (Å²) in [6.07, 6.45) is 0. The van der Waals surface area contributed by atoms with Crippen molar-refractivity contribution in [3.05, 3.63) is 47.7 Å². The molecule has 0 bridgehead atoms. The van der Waals surface area contributed by atoms with Crippen LogP contribution in [0, 0.1) is 0 Å². The van der Waals surface area contributed by atoms with Gasteiger partial charge in [-0.25, -0.2) is 0 Å². The molecule has 0 aliphatic heterocycles. The highest BCUT2D eigenvalue weighted by Crippen LogP contribution is 2.03. The van der Waals surface area contributed by atoms with Crippen LogP contribution in [-0.2, 0) is 13.1 Å². The minimum absolute atomic E-state index is 0.605. The molecule has 0 radical (unpaired) electrons. The van der Waals surface area contributed by atoms with Crippen molar-refractivity contribution in [3.8, 4) is 0 Å². The van der Waals surface area contributed by atoms with Crippen molar-refractivity contribution in [1.82, 2.24) is 5.32 Å². The van der Waals surface area contributed by atoms with E-state index in [1.807, 2.05) is 6.92 Å². The third kappa shape index (κ3) is 3.30. The highest BCUT2D eigenvalue weighted by molar-refractivity contribution is 5.22. The van der Waals surface area contributed by atoms with Crippen LogP contribution in [0.25, 0.3) is 0 Å². The van der Waals surface area contributed by atoms with Crippen molar-refractivity contribution in [2.24, 2.45) is 5.73 Å². The zero-order chi connectivity index (χ0) is 9.68. The second-order valence-corrected chi connectivity index (χ2v) is 3.15. The molecule has 13 heavy (non-hydrogen) atoms. The van der Waals surface area contributed by atoms with Crippen molar-refractivity contribution < 1.29 is 0 Å². The molecule has 0 aromatic heterocycles. The highest BCUT2D eigenvalue weighted by atomic mass is 14.9. The Kier molecular flexibility index (Phi) is 3.53. The predicted octanol–water partition coefficient (Wildman–Crippen LogP) is 1.77. The first-order chi connectivity index (χ1) is 6.22. The van der Waals surface area contributed by atoms with E-state index in [1.165, 1.54) is 11.1 Å². The van der Waals surface area contributed by atoms with Gasteiger partial charge in [0.25, 0.3) is 0 Å². The summed E-state index contributed by atoms with van der Waals surface area (Å²) in [5.41, 5.74) is 8.90. The SMILES string of the molecule is C=C(C)NCc1ccc(CN)cc1. The van der Waals surface area contributed by atoms with Crippen LogP contribution in [0.1, 0.15) is 18.1 Å². The van der Waals surface area contributed by atoms with E-state index in [1.54, 1.807) is 0 Å². The van der Waals surface area contributed by atoms with Gasteiger partial charge in [0, 0.05) is 18.8 Å². The van der Waals surface area contributed by atoms with Crippen LogP contribution in [0.2, 0.25) is 0 Å². The predicted molar refractivity (Wildman–Crippen MR) is 56.0 cm³/mol. The van der Waals surface area contributed by atoms with E-state index >= 15 is 0 Å². The lowest BCUT2D eigenvalue weighted by molar-refractivity contribution is 0.815. The maximum Gasteiger partial charge on any atom is 0.0397 e. The van der Waals surface area contributed by atoms with Crippen molar-refractivity contribution in [3.63, 3.8) is 0 Å². The summed E-state index contributed by atoms with van der Waals surface area (Å²) < 4.78 is 0. The molecule has 2 nitrogen and oxygen atoms in total. The van der Waals surface area contributed by atoms with E-state index in [-0.39, 0.29) is 0 Å². The Bertz CT molecular complexity index is 275. The highest BCUT2D eigenvalue weighted by Gasteiger charge is 1.92. The molecule has 2 heteroatoms. The minimum atomic E-state index is 0.605. The molecular formula is C11H16N2. The Hall–Kier alpha value is -1.28. The molecule has 3 N–H and O–H groups in total. The number of nitrogens with one attached hydrogen (secondary N) is 1. The molecule has 70 valence electrons. The lowest BCUT2D eigenvalue weighted by Crippen LogP contribution is -2.09. The lowest BCUT2D eigenvalue weighted by Gasteiger charge is -2.05. The van der Waals surface area contributed by atoms with E-state index in [4.69, 9.17) is 5.73 Å². The monoisotopic (exact) mass is 176 g/mol. The smallest absolute Gasteiger partial charge is 0.0397 e. The lowest BCUT2D eigenvalue weighted by atomic mass is 10.1. The number of rotatable bonds is 4. The van der Waals surface area contributed by atoms with Gasteiger partial charge in [-0.05, 0) is 18.1 Å². The second-order valence-electron chi connectivity index (χ2n) is 3.15. The summed E-state index contributed by atoms with van der Waals surface area (Å²) in [6.45, 7) is 7.16. The van der Waals surface area contributed by atoms with Gasteiger partial charge in [-0.1, -0.05) is 30.8 Å². The molecule has 0 amide bonds. The van der Waals surface area contributed by atoms with Gasteiger partial charge in [-0.3, -0.25) is 0 Å². The molecule has 0 spiro atoms. The largest absolute Gasteiger partial charge is 0.385 e. The van der Waals surface area contributed by atoms with Gasteiger partial charge in [-0.2, -0.15) is 0 Å². The second kappa shape index (κ2) is 4.67. The molecule has 0 fully saturated rings. The zero-order valence-electron chi connectivity index (χ0n) is 8.01. The fraction of sp³-hybridized carbons (Fsp3) is 0.273. The maximum absolute atomic E-state index is 5.49. The standard InChI is InChI=1S/C11H16N2/c1-9(2)13-8-11-5-3-10(7-12)4-6-11/h3-6,13H,1,7-8,12H2,2H3. The molecule has 1 aromatic rings. The molecule has 1 aromatic carbocycles. The summed E-state index contributed by atoms with van der Waals surface area (Å²) in [5.74, 6) is 0. The molecule has 0 aliphatic rings. The third-order valence-corrected chi connectivity index (χ3v) is 1.85. The topological polar surface area (TPSA) is 38.0 Å². The zero-order valence-corrected chi connectivity index (χ0v) is 8.01. The quantitative estimate of drug-likeness (QED) is 0.733. The van der Waals surface area contributed by atoms with E-state index in [0.29, 0.717) is 6.54 Å². The number of nitrogens with two attached hydrogens (primary N) is 1.